The van der Waals surface area contributed by atoms with Crippen molar-refractivity contribution in [3.63, 3.8) is 0 Å². The van der Waals surface area contributed by atoms with Gasteiger partial charge >= 0.3 is 51.4 Å². The third-order valence-corrected chi connectivity index (χ3v) is 44.5. The van der Waals surface area contributed by atoms with Crippen LogP contribution in [0.5, 0.6) is 0 Å². The molecule has 22 nitrogen and oxygen atoms in total. The van der Waals surface area contributed by atoms with Gasteiger partial charge in [-0.25, -0.2) is 0 Å². The molecule has 30 heteroatoms. The smallest absolute Gasteiger partial charge is 0.317 e. The summed E-state index contributed by atoms with van der Waals surface area (Å²) in [7, 11) is -23.5. The first-order chi connectivity index (χ1) is 38.7. The first-order valence-corrected chi connectivity index (χ1v) is 52.9. The molecule has 0 radical (unpaired) electrons. The molecule has 0 saturated carbocycles. The van der Waals surface area contributed by atoms with Gasteiger partial charge in [0, 0.05) is 33.0 Å². The van der Waals surface area contributed by atoms with Gasteiger partial charge in [-0.1, -0.05) is 0 Å². The summed E-state index contributed by atoms with van der Waals surface area (Å²) in [6.07, 6.45) is 2.27. The molecule has 0 aromatic rings. The molecule has 0 aromatic carbocycles. The zero-order chi connectivity index (χ0) is 63.1. The Bertz CT molecular complexity index is 1570. The van der Waals surface area contributed by atoms with Crippen LogP contribution >= 0.6 is 0 Å². The van der Waals surface area contributed by atoms with Crippen LogP contribution in [-0.2, 0) is 76.2 Å². The highest BCUT2D eigenvalue weighted by Gasteiger charge is 2.54. The van der Waals surface area contributed by atoms with E-state index in [1.54, 1.807) is 0 Å². The SMILES string of the molecule is CC(COCCC[Si](C)(O[Si](C)(C)C)O[Si](C)(CCCOCC(C)OCCO)O[Si](C)(CCCOCC(C)OCCO)O[Si](C)(CCCOCC(C)OCCO)O[Si](C)(CCCOCC(C)OCCO)O[Si](C)(C)O[Si](C)(C)C)OCCO. The minimum Gasteiger partial charge on any atom is -0.437 e. The van der Waals surface area contributed by atoms with Gasteiger partial charge in [0.15, 0.2) is 16.6 Å². The topological polar surface area (TPSA) is 258 Å². The molecule has 0 heterocycles. The summed E-state index contributed by atoms with van der Waals surface area (Å²) in [4.78, 5) is 0. The van der Waals surface area contributed by atoms with Gasteiger partial charge in [-0.15, -0.1) is 0 Å². The average molecular weight is 1340 g/mol. The third-order valence-electron chi connectivity index (χ3n) is 12.1. The summed E-state index contributed by atoms with van der Waals surface area (Å²) in [5, 5.41) is 46.7. The molecule has 83 heavy (non-hydrogen) atoms. The number of rotatable bonds is 59. The van der Waals surface area contributed by atoms with Crippen LogP contribution in [0.4, 0.5) is 0 Å². The summed E-state index contributed by atoms with van der Waals surface area (Å²) in [5.74, 6) is 0. The second-order valence-corrected chi connectivity index (χ2v) is 55.7. The number of ether oxygens (including phenoxy) is 10. The van der Waals surface area contributed by atoms with E-state index in [0.29, 0.717) is 128 Å². The van der Waals surface area contributed by atoms with Crippen LogP contribution in [0.15, 0.2) is 0 Å². The highest BCUT2D eigenvalue weighted by molar-refractivity contribution is 6.93. The standard InChI is InChI=1S/C53H124O22Si8/c1-49(64-34-24-54)44-59-29-19-39-79(14,70-77(9,10)11)72-81(16,41-21-31-61-46-51(3)66-36-26-56)74-83(18,43-23-33-63-48-53(5)68-38-28-58)75-82(17,42-22-32-62-47-52(4)67-37-27-57)73-80(15,71-78(12,13)69-76(6,7)8)40-20-30-60-45-50(2)65-35-25-55/h49-58H,19-48H2,1-18H3. The third kappa shape index (κ3) is 46.6. The molecular formula is C53H124O22Si8. The molecule has 0 fully saturated rings. The monoisotopic (exact) mass is 1340 g/mol. The van der Waals surface area contributed by atoms with Crippen molar-refractivity contribution >= 4 is 68.0 Å². The second-order valence-electron chi connectivity index (χ2n) is 24.9. The fourth-order valence-corrected chi connectivity index (χ4v) is 50.7. The van der Waals surface area contributed by atoms with Crippen molar-refractivity contribution in [1.29, 1.82) is 0 Å². The van der Waals surface area contributed by atoms with Crippen molar-refractivity contribution in [2.45, 2.75) is 213 Å². The molecule has 10 atom stereocenters. The molecule has 0 aliphatic rings. The van der Waals surface area contributed by atoms with Crippen molar-refractivity contribution in [3.05, 3.63) is 0 Å². The van der Waals surface area contributed by atoms with E-state index in [-0.39, 0.29) is 96.6 Å². The Kier molecular flexibility index (Phi) is 45.6. The van der Waals surface area contributed by atoms with Gasteiger partial charge < -0.3 is 102 Å². The van der Waals surface area contributed by atoms with Crippen LogP contribution < -0.4 is 0 Å². The molecule has 0 saturated heterocycles. The van der Waals surface area contributed by atoms with Crippen LogP contribution in [0, 0.1) is 0 Å². The van der Waals surface area contributed by atoms with E-state index in [0.717, 1.165) is 0 Å². The van der Waals surface area contributed by atoms with Gasteiger partial charge in [-0.3, -0.25) is 0 Å². The Hall–Kier alpha value is 0.855. The summed E-state index contributed by atoms with van der Waals surface area (Å²) >= 11 is 0. The second kappa shape index (κ2) is 45.2. The van der Waals surface area contributed by atoms with Crippen molar-refractivity contribution in [3.8, 4) is 0 Å². The molecule has 0 spiro atoms. The van der Waals surface area contributed by atoms with Gasteiger partial charge in [-0.2, -0.15) is 0 Å². The average Bonchev–Trinajstić information content (AvgIpc) is 3.57. The Labute approximate surface area is 511 Å². The summed E-state index contributed by atoms with van der Waals surface area (Å²) in [5.41, 5.74) is 0. The summed E-state index contributed by atoms with van der Waals surface area (Å²) in [6, 6.07) is 2.94. The van der Waals surface area contributed by atoms with Gasteiger partial charge in [-0.05, 0) is 182 Å². The molecule has 0 aromatic heterocycles. The van der Waals surface area contributed by atoms with E-state index in [2.05, 4.69) is 85.1 Å². The van der Waals surface area contributed by atoms with E-state index in [9.17, 15) is 25.5 Å². The lowest BCUT2D eigenvalue weighted by Gasteiger charge is -2.47. The Morgan fingerprint density at radius 1 is 0.253 bits per heavy atom. The first-order valence-electron chi connectivity index (χ1n) is 30.6. The summed E-state index contributed by atoms with van der Waals surface area (Å²) < 4.78 is 112. The quantitative estimate of drug-likeness (QED) is 0.0287. The van der Waals surface area contributed by atoms with Crippen LogP contribution in [0.2, 0.25) is 115 Å². The van der Waals surface area contributed by atoms with Gasteiger partial charge in [0.05, 0.1) is 130 Å². The van der Waals surface area contributed by atoms with Gasteiger partial charge in [0.2, 0.25) is 0 Å². The fourth-order valence-electron chi connectivity index (χ4n) is 9.60. The normalized spacial score (nSPS) is 18.4. The minimum absolute atomic E-state index is 0.0493. The first kappa shape index (κ1) is 83.9. The van der Waals surface area contributed by atoms with Crippen molar-refractivity contribution < 1.29 is 102 Å². The highest BCUT2D eigenvalue weighted by atomic mass is 28.5. The van der Waals surface area contributed by atoms with Crippen LogP contribution in [-0.4, -0.2) is 256 Å². The molecule has 0 amide bonds. The zero-order valence-corrected chi connectivity index (χ0v) is 63.3. The summed E-state index contributed by atoms with van der Waals surface area (Å²) in [6.45, 7) is 42.6. The van der Waals surface area contributed by atoms with E-state index in [4.69, 9.17) is 76.2 Å². The number of hydrogen-bond donors (Lipinski definition) is 5. The van der Waals surface area contributed by atoms with Crippen molar-refractivity contribution in [2.75, 3.05) is 132 Å². The maximum atomic E-state index is 9.38. The maximum absolute atomic E-state index is 9.38. The lowest BCUT2D eigenvalue weighted by atomic mass is 10.4. The predicted molar refractivity (Wildman–Crippen MR) is 344 cm³/mol. The Morgan fingerprint density at radius 2 is 0.446 bits per heavy atom. The Morgan fingerprint density at radius 3 is 0.639 bits per heavy atom. The largest absolute Gasteiger partial charge is 0.437 e. The molecule has 0 aliphatic heterocycles. The van der Waals surface area contributed by atoms with Crippen LogP contribution in [0.1, 0.15) is 66.7 Å². The molecule has 10 unspecified atom stereocenters. The van der Waals surface area contributed by atoms with Crippen LogP contribution in [0.3, 0.4) is 0 Å². The van der Waals surface area contributed by atoms with Crippen LogP contribution in [0.25, 0.3) is 0 Å². The lowest BCUT2D eigenvalue weighted by Crippen LogP contribution is -2.64. The fraction of sp³-hybridized carbons (Fsp3) is 1.00. The molecule has 0 bridgehead atoms. The highest BCUT2D eigenvalue weighted by Crippen LogP contribution is 2.37. The van der Waals surface area contributed by atoms with Gasteiger partial charge in [0.25, 0.3) is 0 Å². The Balaban J connectivity index is 7.84. The molecule has 0 aliphatic carbocycles. The van der Waals surface area contributed by atoms with Crippen molar-refractivity contribution in [2.24, 2.45) is 0 Å². The molecule has 0 rings (SSSR count). The van der Waals surface area contributed by atoms with E-state index < -0.39 is 68.0 Å². The number of aliphatic hydroxyl groups excluding tert-OH is 5. The van der Waals surface area contributed by atoms with E-state index in [1.165, 1.54) is 0 Å². The molecule has 5 N–H and O–H groups in total. The number of hydrogen-bond acceptors (Lipinski definition) is 22. The zero-order valence-electron chi connectivity index (χ0n) is 55.3. The van der Waals surface area contributed by atoms with Crippen molar-refractivity contribution in [1.82, 2.24) is 0 Å². The minimum atomic E-state index is -3.43. The predicted octanol–water partition coefficient (Wildman–Crippen LogP) is 7.85. The molecular weight excluding hydrogens is 1210 g/mol. The van der Waals surface area contributed by atoms with E-state index >= 15 is 0 Å². The lowest BCUT2D eigenvalue weighted by molar-refractivity contribution is -0.0185. The molecule has 500 valence electrons. The number of aliphatic hydroxyl groups is 5. The maximum Gasteiger partial charge on any atom is 0.317 e. The van der Waals surface area contributed by atoms with Gasteiger partial charge in [0.1, 0.15) is 0 Å². The van der Waals surface area contributed by atoms with E-state index in [1.807, 2.05) is 34.6 Å².